The van der Waals surface area contributed by atoms with Crippen molar-refractivity contribution in [3.05, 3.63) is 108 Å². The van der Waals surface area contributed by atoms with Crippen molar-refractivity contribution in [2.45, 2.75) is 0 Å². The molecule has 0 aromatic heterocycles. The number of carbonyl (C=O) groups is 2. The van der Waals surface area contributed by atoms with Gasteiger partial charge in [0, 0.05) is 11.1 Å². The van der Waals surface area contributed by atoms with Crippen LogP contribution in [0, 0.1) is 20.2 Å². The number of hydrogen-bond donors (Lipinski definition) is 2. The Morgan fingerprint density at radius 3 is 2.29 bits per heavy atom. The summed E-state index contributed by atoms with van der Waals surface area (Å²) < 4.78 is 0. The van der Waals surface area contributed by atoms with Crippen molar-refractivity contribution in [2.24, 2.45) is 5.10 Å². The van der Waals surface area contributed by atoms with Crippen molar-refractivity contribution in [1.29, 1.82) is 0 Å². The minimum Gasteiger partial charge on any atom is -0.321 e. The molecule has 34 heavy (non-hydrogen) atoms. The molecule has 0 bridgehead atoms. The second-order valence-electron chi connectivity index (χ2n) is 6.58. The molecule has 2 N–H and O–H groups in total. The highest BCUT2D eigenvalue weighted by molar-refractivity contribution is 6.37. The Bertz CT molecular complexity index is 1340. The van der Waals surface area contributed by atoms with Gasteiger partial charge in [-0.15, -0.1) is 0 Å². The SMILES string of the molecule is O=C(Nc1ccccc1C(=O)N/N=C\c1ccc([N+](=O)[O-])cc1[N+](=O)[O-])c1ccc(Cl)cc1Cl. The highest BCUT2D eigenvalue weighted by Gasteiger charge is 2.19. The minimum atomic E-state index is -0.803. The second-order valence-corrected chi connectivity index (χ2v) is 7.42. The topological polar surface area (TPSA) is 157 Å². The molecule has 172 valence electrons. The highest BCUT2D eigenvalue weighted by Crippen LogP contribution is 2.24. The van der Waals surface area contributed by atoms with Gasteiger partial charge in [0.25, 0.3) is 23.2 Å². The molecule has 0 saturated heterocycles. The van der Waals surface area contributed by atoms with Crippen LogP contribution in [0.5, 0.6) is 0 Å². The number of benzene rings is 3. The molecule has 3 aromatic rings. The van der Waals surface area contributed by atoms with Gasteiger partial charge < -0.3 is 5.32 Å². The summed E-state index contributed by atoms with van der Waals surface area (Å²) in [7, 11) is 0. The molecule has 0 spiro atoms. The molecule has 13 heteroatoms. The van der Waals surface area contributed by atoms with E-state index in [1.165, 1.54) is 30.3 Å². The Kier molecular flexibility index (Phi) is 7.51. The molecule has 0 radical (unpaired) electrons. The highest BCUT2D eigenvalue weighted by atomic mass is 35.5. The Morgan fingerprint density at radius 2 is 1.62 bits per heavy atom. The first kappa shape index (κ1) is 24.3. The standard InChI is InChI=1S/C21H13Cl2N5O6/c22-13-6-8-15(17(23)9-13)20(29)25-18-4-2-1-3-16(18)21(30)26-24-11-12-5-7-14(27(31)32)10-19(12)28(33)34/h1-11H,(H,25,29)(H,26,30)/b24-11-. The zero-order chi connectivity index (χ0) is 24.8. The van der Waals surface area contributed by atoms with Gasteiger partial charge in [-0.05, 0) is 36.4 Å². The zero-order valence-corrected chi connectivity index (χ0v) is 18.4. The molecule has 0 fully saturated rings. The Hall–Kier alpha value is -4.35. The van der Waals surface area contributed by atoms with Crippen LogP contribution in [0.4, 0.5) is 17.1 Å². The fraction of sp³-hybridized carbons (Fsp3) is 0. The van der Waals surface area contributed by atoms with Crippen LogP contribution < -0.4 is 10.7 Å². The van der Waals surface area contributed by atoms with Gasteiger partial charge in [-0.3, -0.25) is 29.8 Å². The number of halogens is 2. The smallest absolute Gasteiger partial charge is 0.285 e. The molecular weight excluding hydrogens is 489 g/mol. The predicted molar refractivity (Wildman–Crippen MR) is 126 cm³/mol. The van der Waals surface area contributed by atoms with E-state index in [1.54, 1.807) is 12.1 Å². The van der Waals surface area contributed by atoms with Gasteiger partial charge in [-0.2, -0.15) is 5.10 Å². The van der Waals surface area contributed by atoms with E-state index in [4.69, 9.17) is 23.2 Å². The minimum absolute atomic E-state index is 0.0521. The number of nitro groups is 2. The summed E-state index contributed by atoms with van der Waals surface area (Å²) in [5, 5.41) is 28.8. The third kappa shape index (κ3) is 5.71. The average molecular weight is 502 g/mol. The summed E-state index contributed by atoms with van der Waals surface area (Å²) in [6.07, 6.45) is 0.981. The van der Waals surface area contributed by atoms with Gasteiger partial charge in [0.2, 0.25) is 0 Å². The molecule has 0 heterocycles. The summed E-state index contributed by atoms with van der Waals surface area (Å²) in [5.41, 5.74) is 1.48. The van der Waals surface area contributed by atoms with Gasteiger partial charge in [0.15, 0.2) is 0 Å². The zero-order valence-electron chi connectivity index (χ0n) is 16.9. The normalized spacial score (nSPS) is 10.6. The number of rotatable bonds is 7. The van der Waals surface area contributed by atoms with Crippen LogP contribution in [-0.4, -0.2) is 27.9 Å². The predicted octanol–water partition coefficient (Wildman–Crippen LogP) is 4.83. The van der Waals surface area contributed by atoms with Crippen LogP contribution >= 0.6 is 23.2 Å². The van der Waals surface area contributed by atoms with Crippen molar-refractivity contribution in [3.63, 3.8) is 0 Å². The summed E-state index contributed by atoms with van der Waals surface area (Å²) in [6, 6.07) is 13.4. The van der Waals surface area contributed by atoms with Gasteiger partial charge in [-0.1, -0.05) is 35.3 Å². The summed E-state index contributed by atoms with van der Waals surface area (Å²) in [4.78, 5) is 45.6. The molecular formula is C21H13Cl2N5O6. The maximum Gasteiger partial charge on any atom is 0.285 e. The van der Waals surface area contributed by atoms with E-state index in [-0.39, 0.29) is 27.4 Å². The van der Waals surface area contributed by atoms with E-state index in [2.05, 4.69) is 15.8 Å². The third-order valence-corrected chi connectivity index (χ3v) is 4.93. The second kappa shape index (κ2) is 10.5. The average Bonchev–Trinajstić information content (AvgIpc) is 2.79. The molecule has 0 atom stereocenters. The van der Waals surface area contributed by atoms with Gasteiger partial charge in [0.05, 0.1) is 49.5 Å². The van der Waals surface area contributed by atoms with Crippen molar-refractivity contribution in [3.8, 4) is 0 Å². The fourth-order valence-corrected chi connectivity index (χ4v) is 3.28. The van der Waals surface area contributed by atoms with E-state index in [1.807, 2.05) is 0 Å². The lowest BCUT2D eigenvalue weighted by molar-refractivity contribution is -0.394. The molecule has 3 rings (SSSR count). The van der Waals surface area contributed by atoms with E-state index in [9.17, 15) is 29.8 Å². The molecule has 0 unspecified atom stereocenters. The number of carbonyl (C=O) groups excluding carboxylic acids is 2. The maximum absolute atomic E-state index is 12.6. The van der Waals surface area contributed by atoms with Gasteiger partial charge in [0.1, 0.15) is 0 Å². The number of nitrogens with one attached hydrogen (secondary N) is 2. The number of hydrogen-bond acceptors (Lipinski definition) is 7. The number of non-ortho nitro benzene ring substituents is 1. The van der Waals surface area contributed by atoms with Crippen LogP contribution in [0.25, 0.3) is 0 Å². The quantitative estimate of drug-likeness (QED) is 0.268. The monoisotopic (exact) mass is 501 g/mol. The summed E-state index contributed by atoms with van der Waals surface area (Å²) in [6.45, 7) is 0. The summed E-state index contributed by atoms with van der Waals surface area (Å²) >= 11 is 11.9. The number of amides is 2. The molecule has 0 aliphatic heterocycles. The van der Waals surface area contributed by atoms with Crippen molar-refractivity contribution in [1.82, 2.24) is 5.43 Å². The third-order valence-electron chi connectivity index (χ3n) is 4.39. The van der Waals surface area contributed by atoms with Crippen molar-refractivity contribution >= 4 is 58.3 Å². The lowest BCUT2D eigenvalue weighted by Gasteiger charge is -2.11. The molecule has 2 amide bonds. The van der Waals surface area contributed by atoms with Crippen LogP contribution in [0.15, 0.2) is 65.8 Å². The number of anilines is 1. The van der Waals surface area contributed by atoms with Gasteiger partial charge >= 0.3 is 0 Å². The summed E-state index contributed by atoms with van der Waals surface area (Å²) in [5.74, 6) is -1.30. The van der Waals surface area contributed by atoms with E-state index in [0.29, 0.717) is 5.02 Å². The Labute approximate surface area is 201 Å². The lowest BCUT2D eigenvalue weighted by Crippen LogP contribution is -2.21. The van der Waals surface area contributed by atoms with Crippen molar-refractivity contribution in [2.75, 3.05) is 5.32 Å². The first-order valence-electron chi connectivity index (χ1n) is 9.29. The van der Waals surface area contributed by atoms with E-state index in [0.717, 1.165) is 24.4 Å². The lowest BCUT2D eigenvalue weighted by atomic mass is 10.1. The molecule has 0 saturated carbocycles. The number of hydrazone groups is 1. The number of para-hydroxylation sites is 1. The molecule has 3 aromatic carbocycles. The van der Waals surface area contributed by atoms with Crippen molar-refractivity contribution < 1.29 is 19.4 Å². The maximum atomic E-state index is 12.6. The van der Waals surface area contributed by atoms with Crippen LogP contribution in [-0.2, 0) is 0 Å². The number of nitrogens with zero attached hydrogens (tertiary/aromatic N) is 3. The largest absolute Gasteiger partial charge is 0.321 e. The van der Waals surface area contributed by atoms with Gasteiger partial charge in [-0.25, -0.2) is 5.43 Å². The molecule has 0 aliphatic carbocycles. The first-order valence-corrected chi connectivity index (χ1v) is 10.0. The molecule has 0 aliphatic rings. The first-order chi connectivity index (χ1) is 16.2. The van der Waals surface area contributed by atoms with Crippen LogP contribution in [0.3, 0.4) is 0 Å². The fourth-order valence-electron chi connectivity index (χ4n) is 2.79. The Morgan fingerprint density at radius 1 is 0.882 bits per heavy atom. The van der Waals surface area contributed by atoms with E-state index >= 15 is 0 Å². The van der Waals surface area contributed by atoms with E-state index < -0.39 is 33.0 Å². The number of nitro benzene ring substituents is 2. The van der Waals surface area contributed by atoms with Crippen LogP contribution in [0.2, 0.25) is 10.0 Å². The molecule has 11 nitrogen and oxygen atoms in total. The Balaban J connectivity index is 1.78. The van der Waals surface area contributed by atoms with Crippen LogP contribution in [0.1, 0.15) is 26.3 Å².